The fourth-order valence-corrected chi connectivity index (χ4v) is 1.61. The number of hydrogen-bond donors (Lipinski definition) is 2. The van der Waals surface area contributed by atoms with Crippen LogP contribution in [-0.4, -0.2) is 22.0 Å². The Morgan fingerprint density at radius 1 is 1.20 bits per heavy atom. The number of fused-ring (bicyclic) bond motifs is 1. The lowest BCUT2D eigenvalue weighted by molar-refractivity contribution is -0.164. The Balaban J connectivity index is 2.72. The molecular weight excluding hydrogens is 196 g/mol. The summed E-state index contributed by atoms with van der Waals surface area (Å²) in [5, 5.41) is 18.8. The summed E-state index contributed by atoms with van der Waals surface area (Å²) in [4.78, 5) is 22.3. The van der Waals surface area contributed by atoms with Crippen LogP contribution in [0.15, 0.2) is 30.3 Å². The number of carboxylic acids is 1. The van der Waals surface area contributed by atoms with Gasteiger partial charge in [-0.25, -0.2) is 4.79 Å². The molecule has 0 saturated heterocycles. The van der Waals surface area contributed by atoms with Crippen molar-refractivity contribution in [1.82, 2.24) is 0 Å². The predicted octanol–water partition coefficient (Wildman–Crippen LogP) is 0.555. The Morgan fingerprint density at radius 2 is 1.87 bits per heavy atom. The lowest BCUT2D eigenvalue weighted by Gasteiger charge is -2.25. The number of aliphatic carboxylic acids is 1. The van der Waals surface area contributed by atoms with Crippen molar-refractivity contribution in [3.05, 3.63) is 41.5 Å². The van der Waals surface area contributed by atoms with E-state index in [1.54, 1.807) is 18.2 Å². The van der Waals surface area contributed by atoms with Crippen LogP contribution in [0.2, 0.25) is 0 Å². The fourth-order valence-electron chi connectivity index (χ4n) is 1.61. The van der Waals surface area contributed by atoms with E-state index in [-0.39, 0.29) is 5.56 Å². The summed E-state index contributed by atoms with van der Waals surface area (Å²) in [5.74, 6) is -2.38. The summed E-state index contributed by atoms with van der Waals surface area (Å²) < 4.78 is 0. The molecule has 0 saturated carbocycles. The molecule has 1 atom stereocenters. The zero-order valence-electron chi connectivity index (χ0n) is 7.68. The first-order valence-corrected chi connectivity index (χ1v) is 4.34. The maximum atomic E-state index is 11.4. The molecule has 1 aliphatic carbocycles. The Morgan fingerprint density at radius 3 is 2.53 bits per heavy atom. The molecule has 1 aliphatic rings. The van der Waals surface area contributed by atoms with Gasteiger partial charge >= 0.3 is 5.97 Å². The van der Waals surface area contributed by atoms with Gasteiger partial charge in [-0.1, -0.05) is 30.3 Å². The van der Waals surface area contributed by atoms with Crippen LogP contribution >= 0.6 is 0 Å². The minimum Gasteiger partial charge on any atom is -0.478 e. The second-order valence-electron chi connectivity index (χ2n) is 3.30. The lowest BCUT2D eigenvalue weighted by atomic mass is 9.82. The van der Waals surface area contributed by atoms with E-state index >= 15 is 0 Å². The van der Waals surface area contributed by atoms with Crippen LogP contribution in [0.4, 0.5) is 0 Å². The first-order chi connectivity index (χ1) is 7.06. The number of hydrogen-bond acceptors (Lipinski definition) is 3. The maximum Gasteiger partial charge on any atom is 0.348 e. The van der Waals surface area contributed by atoms with E-state index in [1.165, 1.54) is 12.1 Å². The highest BCUT2D eigenvalue weighted by Crippen LogP contribution is 2.31. The third-order valence-corrected chi connectivity index (χ3v) is 2.43. The minimum atomic E-state index is -2.44. The topological polar surface area (TPSA) is 74.6 Å². The van der Waals surface area contributed by atoms with E-state index < -0.39 is 17.4 Å². The van der Waals surface area contributed by atoms with Crippen molar-refractivity contribution < 1.29 is 19.8 Å². The average molecular weight is 204 g/mol. The van der Waals surface area contributed by atoms with Gasteiger partial charge in [-0.2, -0.15) is 0 Å². The number of carbonyl (C=O) groups excluding carboxylic acids is 1. The number of aliphatic hydroxyl groups is 1. The highest BCUT2D eigenvalue weighted by Gasteiger charge is 2.47. The summed E-state index contributed by atoms with van der Waals surface area (Å²) >= 11 is 0. The summed E-state index contributed by atoms with van der Waals surface area (Å²) in [6.07, 6.45) is 2.57. The molecule has 2 N–H and O–H groups in total. The van der Waals surface area contributed by atoms with Crippen LogP contribution < -0.4 is 0 Å². The van der Waals surface area contributed by atoms with E-state index in [0.29, 0.717) is 5.56 Å². The van der Waals surface area contributed by atoms with Gasteiger partial charge in [0.25, 0.3) is 5.60 Å². The number of ketones is 1. The number of rotatable bonds is 1. The Bertz CT molecular complexity index is 475. The largest absolute Gasteiger partial charge is 0.478 e. The van der Waals surface area contributed by atoms with Crippen LogP contribution in [0.25, 0.3) is 6.08 Å². The zero-order valence-corrected chi connectivity index (χ0v) is 7.68. The third-order valence-electron chi connectivity index (χ3n) is 2.43. The van der Waals surface area contributed by atoms with Gasteiger partial charge in [-0.05, 0) is 11.6 Å². The normalized spacial score (nSPS) is 23.7. The van der Waals surface area contributed by atoms with Gasteiger partial charge < -0.3 is 10.2 Å². The molecule has 0 bridgehead atoms. The first-order valence-electron chi connectivity index (χ1n) is 4.34. The summed E-state index contributed by atoms with van der Waals surface area (Å²) in [5.41, 5.74) is -1.78. The van der Waals surface area contributed by atoms with Gasteiger partial charge in [0.1, 0.15) is 0 Å². The van der Waals surface area contributed by atoms with Crippen LogP contribution in [0.3, 0.4) is 0 Å². The summed E-state index contributed by atoms with van der Waals surface area (Å²) in [6.45, 7) is 0. The van der Waals surface area contributed by atoms with E-state index in [1.807, 2.05) is 0 Å². The average Bonchev–Trinajstić information content (AvgIpc) is 2.23. The minimum absolute atomic E-state index is 0.116. The second-order valence-corrected chi connectivity index (χ2v) is 3.30. The molecule has 0 amide bonds. The summed E-state index contributed by atoms with van der Waals surface area (Å²) in [7, 11) is 0. The molecule has 1 aromatic rings. The molecule has 0 aliphatic heterocycles. The van der Waals surface area contributed by atoms with Crippen LogP contribution in [0, 0.1) is 0 Å². The quantitative estimate of drug-likeness (QED) is 0.655. The van der Waals surface area contributed by atoms with Crippen molar-refractivity contribution in [2.24, 2.45) is 0 Å². The first kappa shape index (κ1) is 9.61. The number of carboxylic acid groups (broad SMARTS) is 1. The van der Waals surface area contributed by atoms with E-state index in [4.69, 9.17) is 5.11 Å². The standard InChI is InChI=1S/C11H8O4/c12-9-6-5-7-3-1-2-4-8(7)11(9,15)10(13)14/h1-6,15H,(H,13,14). The van der Waals surface area contributed by atoms with Crippen molar-refractivity contribution in [1.29, 1.82) is 0 Å². The molecule has 0 radical (unpaired) electrons. The van der Waals surface area contributed by atoms with E-state index in [0.717, 1.165) is 6.08 Å². The second kappa shape index (κ2) is 3.03. The lowest BCUT2D eigenvalue weighted by Crippen LogP contribution is -2.44. The zero-order chi connectivity index (χ0) is 11.1. The molecule has 0 spiro atoms. The molecule has 76 valence electrons. The third kappa shape index (κ3) is 1.19. The van der Waals surface area contributed by atoms with E-state index in [2.05, 4.69) is 0 Å². The molecule has 2 rings (SSSR count). The van der Waals surface area contributed by atoms with Gasteiger partial charge in [0, 0.05) is 5.56 Å². The predicted molar refractivity (Wildman–Crippen MR) is 52.0 cm³/mol. The van der Waals surface area contributed by atoms with Gasteiger partial charge in [0.15, 0.2) is 0 Å². The monoisotopic (exact) mass is 204 g/mol. The SMILES string of the molecule is O=C(O)C1(O)C(=O)C=Cc2ccccc21. The molecule has 4 nitrogen and oxygen atoms in total. The molecule has 0 heterocycles. The summed E-state index contributed by atoms with van der Waals surface area (Å²) in [6, 6.07) is 6.37. The van der Waals surface area contributed by atoms with Crippen molar-refractivity contribution in [2.75, 3.05) is 0 Å². The highest BCUT2D eigenvalue weighted by atomic mass is 16.4. The molecule has 0 fully saturated rings. The van der Waals surface area contributed by atoms with Gasteiger partial charge in [0.05, 0.1) is 0 Å². The smallest absolute Gasteiger partial charge is 0.348 e. The van der Waals surface area contributed by atoms with Crippen LogP contribution in [0.1, 0.15) is 11.1 Å². The molecule has 4 heteroatoms. The number of benzene rings is 1. The highest BCUT2D eigenvalue weighted by molar-refractivity contribution is 6.15. The van der Waals surface area contributed by atoms with Crippen molar-refractivity contribution in [3.8, 4) is 0 Å². The van der Waals surface area contributed by atoms with E-state index in [9.17, 15) is 14.7 Å². The maximum absolute atomic E-state index is 11.4. The number of carbonyl (C=O) groups is 2. The van der Waals surface area contributed by atoms with Crippen LogP contribution in [-0.2, 0) is 15.2 Å². The van der Waals surface area contributed by atoms with Crippen molar-refractivity contribution >= 4 is 17.8 Å². The Labute approximate surface area is 85.5 Å². The van der Waals surface area contributed by atoms with Crippen molar-refractivity contribution in [2.45, 2.75) is 5.60 Å². The molecule has 15 heavy (non-hydrogen) atoms. The molecular formula is C11H8O4. The van der Waals surface area contributed by atoms with Gasteiger partial charge in [-0.3, -0.25) is 4.79 Å². The Kier molecular flexibility index (Phi) is 1.94. The Hall–Kier alpha value is -1.94. The fraction of sp³-hybridized carbons (Fsp3) is 0.0909. The molecule has 1 unspecified atom stereocenters. The van der Waals surface area contributed by atoms with Gasteiger partial charge in [0.2, 0.25) is 5.78 Å². The molecule has 0 aromatic heterocycles. The van der Waals surface area contributed by atoms with Crippen LogP contribution in [0.5, 0.6) is 0 Å². The molecule has 1 aromatic carbocycles. The van der Waals surface area contributed by atoms with Gasteiger partial charge in [-0.15, -0.1) is 0 Å². The van der Waals surface area contributed by atoms with Crippen molar-refractivity contribution in [3.63, 3.8) is 0 Å².